The molecule has 0 aliphatic heterocycles. The van der Waals surface area contributed by atoms with Crippen LogP contribution in [0.4, 0.5) is 5.82 Å². The standard InChI is InChI=1S/C19H23N3O/c1-4-5-12-20-19-18(15-8-6-7-9-16(15)23-3)21-17-11-10-14(2)13-22(17)19/h6-11,13,20H,4-5,12H2,1-3H3. The maximum atomic E-state index is 5.52. The number of imidazole rings is 1. The van der Waals surface area contributed by atoms with Gasteiger partial charge in [0.1, 0.15) is 22.9 Å². The number of aromatic nitrogens is 2. The monoisotopic (exact) mass is 309 g/mol. The molecule has 120 valence electrons. The zero-order valence-corrected chi connectivity index (χ0v) is 14.0. The minimum atomic E-state index is 0.839. The molecule has 0 radical (unpaired) electrons. The van der Waals surface area contributed by atoms with Crippen LogP contribution >= 0.6 is 0 Å². The fourth-order valence-electron chi connectivity index (χ4n) is 2.73. The molecule has 0 bridgehead atoms. The van der Waals surface area contributed by atoms with E-state index in [1.807, 2.05) is 18.2 Å². The Morgan fingerprint density at radius 2 is 2.00 bits per heavy atom. The first-order valence-electron chi connectivity index (χ1n) is 8.10. The summed E-state index contributed by atoms with van der Waals surface area (Å²) in [4.78, 5) is 4.83. The van der Waals surface area contributed by atoms with Crippen LogP contribution in [0.3, 0.4) is 0 Å². The third-order valence-corrected chi connectivity index (χ3v) is 3.95. The van der Waals surface area contributed by atoms with Crippen molar-refractivity contribution in [3.63, 3.8) is 0 Å². The number of ether oxygens (including phenoxy) is 1. The Labute approximate surface area is 137 Å². The van der Waals surface area contributed by atoms with Gasteiger partial charge in [-0.3, -0.25) is 4.40 Å². The summed E-state index contributed by atoms with van der Waals surface area (Å²) < 4.78 is 7.65. The van der Waals surface area contributed by atoms with Gasteiger partial charge < -0.3 is 10.1 Å². The molecule has 0 saturated carbocycles. The lowest BCUT2D eigenvalue weighted by Crippen LogP contribution is -2.05. The maximum Gasteiger partial charge on any atom is 0.139 e. The van der Waals surface area contributed by atoms with Crippen molar-refractivity contribution in [2.24, 2.45) is 0 Å². The summed E-state index contributed by atoms with van der Waals surface area (Å²) >= 11 is 0. The number of methoxy groups -OCH3 is 1. The number of pyridine rings is 1. The van der Waals surface area contributed by atoms with Gasteiger partial charge in [-0.2, -0.15) is 0 Å². The number of nitrogens with zero attached hydrogens (tertiary/aromatic N) is 2. The van der Waals surface area contributed by atoms with Crippen LogP contribution in [0.2, 0.25) is 0 Å². The van der Waals surface area contributed by atoms with Crippen molar-refractivity contribution < 1.29 is 4.74 Å². The number of rotatable bonds is 6. The van der Waals surface area contributed by atoms with E-state index in [9.17, 15) is 0 Å². The number of anilines is 1. The summed E-state index contributed by atoms with van der Waals surface area (Å²) in [6.45, 7) is 5.22. The smallest absolute Gasteiger partial charge is 0.139 e. The van der Waals surface area contributed by atoms with Crippen LogP contribution in [-0.2, 0) is 0 Å². The normalized spacial score (nSPS) is 10.9. The summed E-state index contributed by atoms with van der Waals surface area (Å²) in [5, 5.41) is 3.56. The Morgan fingerprint density at radius 1 is 1.17 bits per heavy atom. The zero-order chi connectivity index (χ0) is 16.2. The average molecular weight is 309 g/mol. The average Bonchev–Trinajstić information content (AvgIpc) is 2.93. The van der Waals surface area contributed by atoms with Crippen molar-refractivity contribution >= 4 is 11.5 Å². The lowest BCUT2D eigenvalue weighted by Gasteiger charge is -2.11. The number of para-hydroxylation sites is 1. The summed E-state index contributed by atoms with van der Waals surface area (Å²) in [7, 11) is 1.70. The number of benzene rings is 1. The minimum absolute atomic E-state index is 0.839. The van der Waals surface area contributed by atoms with Crippen LogP contribution in [0.5, 0.6) is 5.75 Å². The number of hydrogen-bond donors (Lipinski definition) is 1. The maximum absolute atomic E-state index is 5.52. The first-order chi connectivity index (χ1) is 11.2. The first kappa shape index (κ1) is 15.4. The molecule has 0 atom stereocenters. The van der Waals surface area contributed by atoms with Crippen molar-refractivity contribution in [1.29, 1.82) is 0 Å². The predicted molar refractivity (Wildman–Crippen MR) is 95.3 cm³/mol. The molecule has 0 spiro atoms. The van der Waals surface area contributed by atoms with Gasteiger partial charge >= 0.3 is 0 Å². The zero-order valence-electron chi connectivity index (χ0n) is 14.0. The second-order valence-electron chi connectivity index (χ2n) is 5.72. The van der Waals surface area contributed by atoms with E-state index in [1.165, 1.54) is 5.56 Å². The van der Waals surface area contributed by atoms with Crippen molar-refractivity contribution in [2.75, 3.05) is 19.0 Å². The second-order valence-corrected chi connectivity index (χ2v) is 5.72. The minimum Gasteiger partial charge on any atom is -0.496 e. The van der Waals surface area contributed by atoms with Crippen LogP contribution in [0, 0.1) is 6.92 Å². The van der Waals surface area contributed by atoms with E-state index >= 15 is 0 Å². The highest BCUT2D eigenvalue weighted by Gasteiger charge is 2.16. The van der Waals surface area contributed by atoms with Crippen LogP contribution in [0.1, 0.15) is 25.3 Å². The van der Waals surface area contributed by atoms with Crippen molar-refractivity contribution in [1.82, 2.24) is 9.38 Å². The fourth-order valence-corrected chi connectivity index (χ4v) is 2.73. The Hall–Kier alpha value is -2.49. The van der Waals surface area contributed by atoms with Crippen LogP contribution in [-0.4, -0.2) is 23.0 Å². The molecule has 4 nitrogen and oxygen atoms in total. The van der Waals surface area contributed by atoms with Crippen molar-refractivity contribution in [3.8, 4) is 17.0 Å². The molecule has 4 heteroatoms. The van der Waals surface area contributed by atoms with E-state index in [0.29, 0.717) is 0 Å². The molecule has 2 aromatic heterocycles. The molecule has 3 aromatic rings. The van der Waals surface area contributed by atoms with Crippen LogP contribution < -0.4 is 10.1 Å². The lowest BCUT2D eigenvalue weighted by molar-refractivity contribution is 0.416. The number of aryl methyl sites for hydroxylation is 1. The highest BCUT2D eigenvalue weighted by atomic mass is 16.5. The first-order valence-corrected chi connectivity index (χ1v) is 8.10. The van der Waals surface area contributed by atoms with Gasteiger partial charge in [0, 0.05) is 18.3 Å². The van der Waals surface area contributed by atoms with Crippen LogP contribution in [0.25, 0.3) is 16.9 Å². The molecule has 0 aliphatic carbocycles. The predicted octanol–water partition coefficient (Wildman–Crippen LogP) is 4.53. The third kappa shape index (κ3) is 3.02. The number of nitrogens with one attached hydrogen (secondary N) is 1. The van der Waals surface area contributed by atoms with Crippen molar-refractivity contribution in [3.05, 3.63) is 48.2 Å². The highest BCUT2D eigenvalue weighted by Crippen LogP contribution is 2.35. The van der Waals surface area contributed by atoms with E-state index in [1.54, 1.807) is 7.11 Å². The van der Waals surface area contributed by atoms with Gasteiger partial charge in [-0.05, 0) is 37.1 Å². The molecule has 1 aromatic carbocycles. The molecule has 0 amide bonds. The third-order valence-electron chi connectivity index (χ3n) is 3.95. The van der Waals surface area contributed by atoms with E-state index < -0.39 is 0 Å². The quantitative estimate of drug-likeness (QED) is 0.680. The molecule has 0 saturated heterocycles. The Kier molecular flexibility index (Phi) is 4.51. The van der Waals surface area contributed by atoms with Gasteiger partial charge in [-0.15, -0.1) is 0 Å². The Bertz CT molecular complexity index is 807. The highest BCUT2D eigenvalue weighted by molar-refractivity contribution is 5.80. The molecule has 0 unspecified atom stereocenters. The SMILES string of the molecule is CCCCNc1c(-c2ccccc2OC)nc2ccc(C)cn12. The molecule has 23 heavy (non-hydrogen) atoms. The Balaban J connectivity index is 2.16. The van der Waals surface area contributed by atoms with Gasteiger partial charge in [-0.1, -0.05) is 31.5 Å². The molecular formula is C19H23N3O. The van der Waals surface area contributed by atoms with Gasteiger partial charge in [0.15, 0.2) is 0 Å². The van der Waals surface area contributed by atoms with E-state index in [4.69, 9.17) is 9.72 Å². The summed E-state index contributed by atoms with van der Waals surface area (Å²) in [6.07, 6.45) is 4.41. The largest absolute Gasteiger partial charge is 0.496 e. The topological polar surface area (TPSA) is 38.6 Å². The Morgan fingerprint density at radius 3 is 2.78 bits per heavy atom. The summed E-state index contributed by atoms with van der Waals surface area (Å²) in [5.41, 5.74) is 4.09. The molecule has 0 aliphatic rings. The van der Waals surface area contributed by atoms with Gasteiger partial charge in [-0.25, -0.2) is 4.98 Å². The number of unbranched alkanes of at least 4 members (excludes halogenated alkanes) is 1. The molecule has 3 rings (SSSR count). The van der Waals surface area contributed by atoms with Gasteiger partial charge in [0.2, 0.25) is 0 Å². The lowest BCUT2D eigenvalue weighted by atomic mass is 10.1. The van der Waals surface area contributed by atoms with Gasteiger partial charge in [0.25, 0.3) is 0 Å². The summed E-state index contributed by atoms with van der Waals surface area (Å²) in [6, 6.07) is 12.2. The molecular weight excluding hydrogens is 286 g/mol. The number of fused-ring (bicyclic) bond motifs is 1. The molecule has 1 N–H and O–H groups in total. The second kappa shape index (κ2) is 6.73. The van der Waals surface area contributed by atoms with Gasteiger partial charge in [0.05, 0.1) is 7.11 Å². The van der Waals surface area contributed by atoms with E-state index in [0.717, 1.165) is 47.9 Å². The van der Waals surface area contributed by atoms with E-state index in [2.05, 4.69) is 48.0 Å². The van der Waals surface area contributed by atoms with Crippen LogP contribution in [0.15, 0.2) is 42.6 Å². The van der Waals surface area contributed by atoms with Crippen molar-refractivity contribution in [2.45, 2.75) is 26.7 Å². The molecule has 0 fully saturated rings. The summed E-state index contributed by atoms with van der Waals surface area (Å²) in [5.74, 6) is 1.87. The van der Waals surface area contributed by atoms with E-state index in [-0.39, 0.29) is 0 Å². The fraction of sp³-hybridized carbons (Fsp3) is 0.316. The number of hydrogen-bond acceptors (Lipinski definition) is 3. The molecule has 2 heterocycles.